The predicted octanol–water partition coefficient (Wildman–Crippen LogP) is 2.81. The van der Waals surface area contributed by atoms with Gasteiger partial charge >= 0.3 is 0 Å². The zero-order valence-corrected chi connectivity index (χ0v) is 13.2. The molecule has 0 heterocycles. The van der Waals surface area contributed by atoms with E-state index in [0.29, 0.717) is 0 Å². The highest BCUT2D eigenvalue weighted by atomic mass is 16.5. The Morgan fingerprint density at radius 2 is 1.95 bits per heavy atom. The van der Waals surface area contributed by atoms with E-state index in [1.165, 1.54) is 24.8 Å². The van der Waals surface area contributed by atoms with Crippen LogP contribution in [0.1, 0.15) is 44.6 Å². The minimum Gasteiger partial charge on any atom is -0.496 e. The molecule has 0 bridgehead atoms. The van der Waals surface area contributed by atoms with E-state index in [0.717, 1.165) is 31.6 Å². The summed E-state index contributed by atoms with van der Waals surface area (Å²) < 4.78 is 11.6. The SMILES string of the molecule is CCOC1(C(Cc2ccccc2OC)NN)CCCCC1. The third-order valence-electron chi connectivity index (χ3n) is 4.58. The van der Waals surface area contributed by atoms with Gasteiger partial charge in [0.1, 0.15) is 5.75 Å². The van der Waals surface area contributed by atoms with Crippen molar-refractivity contribution in [2.75, 3.05) is 13.7 Å². The molecule has 1 aliphatic carbocycles. The first kappa shape index (κ1) is 16.3. The van der Waals surface area contributed by atoms with E-state index in [2.05, 4.69) is 18.4 Å². The lowest BCUT2D eigenvalue weighted by Crippen LogP contribution is -2.57. The van der Waals surface area contributed by atoms with Gasteiger partial charge in [0.05, 0.1) is 18.8 Å². The van der Waals surface area contributed by atoms with Gasteiger partial charge in [-0.25, -0.2) is 0 Å². The minimum atomic E-state index is -0.150. The van der Waals surface area contributed by atoms with Crippen molar-refractivity contribution in [3.63, 3.8) is 0 Å². The summed E-state index contributed by atoms with van der Waals surface area (Å²) >= 11 is 0. The molecular weight excluding hydrogens is 264 g/mol. The van der Waals surface area contributed by atoms with Gasteiger partial charge in [-0.3, -0.25) is 11.3 Å². The van der Waals surface area contributed by atoms with Gasteiger partial charge in [-0.2, -0.15) is 0 Å². The van der Waals surface area contributed by atoms with Crippen molar-refractivity contribution >= 4 is 0 Å². The number of methoxy groups -OCH3 is 1. The molecule has 3 N–H and O–H groups in total. The van der Waals surface area contributed by atoms with Gasteiger partial charge < -0.3 is 9.47 Å². The van der Waals surface area contributed by atoms with Gasteiger partial charge in [0.2, 0.25) is 0 Å². The quantitative estimate of drug-likeness (QED) is 0.599. The van der Waals surface area contributed by atoms with Crippen LogP contribution < -0.4 is 16.0 Å². The molecular formula is C17H28N2O2. The Labute approximate surface area is 128 Å². The molecule has 1 atom stereocenters. The van der Waals surface area contributed by atoms with Gasteiger partial charge in [-0.1, -0.05) is 37.5 Å². The summed E-state index contributed by atoms with van der Waals surface area (Å²) in [5, 5.41) is 0. The fraction of sp³-hybridized carbons (Fsp3) is 0.647. The van der Waals surface area contributed by atoms with Crippen molar-refractivity contribution in [1.29, 1.82) is 0 Å². The van der Waals surface area contributed by atoms with Crippen molar-refractivity contribution in [3.8, 4) is 5.75 Å². The molecule has 0 aromatic heterocycles. The summed E-state index contributed by atoms with van der Waals surface area (Å²) in [6, 6.07) is 8.24. The third-order valence-corrected chi connectivity index (χ3v) is 4.58. The first-order valence-electron chi connectivity index (χ1n) is 7.97. The zero-order chi connectivity index (χ0) is 15.1. The summed E-state index contributed by atoms with van der Waals surface area (Å²) in [6.45, 7) is 2.79. The Kier molecular flexibility index (Phi) is 6.03. The Morgan fingerprint density at radius 3 is 2.57 bits per heavy atom. The van der Waals surface area contributed by atoms with Crippen LogP contribution in [-0.4, -0.2) is 25.4 Å². The first-order chi connectivity index (χ1) is 10.3. The molecule has 1 fully saturated rings. The number of benzene rings is 1. The second-order valence-corrected chi connectivity index (χ2v) is 5.79. The van der Waals surface area contributed by atoms with Crippen molar-refractivity contribution in [2.24, 2.45) is 5.84 Å². The van der Waals surface area contributed by atoms with E-state index in [1.807, 2.05) is 18.2 Å². The highest BCUT2D eigenvalue weighted by molar-refractivity contribution is 5.34. The van der Waals surface area contributed by atoms with Gasteiger partial charge in [-0.15, -0.1) is 0 Å². The average molecular weight is 292 g/mol. The molecule has 4 heteroatoms. The molecule has 1 unspecified atom stereocenters. The van der Waals surface area contributed by atoms with Crippen LogP contribution in [0.3, 0.4) is 0 Å². The Hall–Kier alpha value is -1.10. The molecule has 4 nitrogen and oxygen atoms in total. The van der Waals surface area contributed by atoms with Crippen LogP contribution in [0.25, 0.3) is 0 Å². The van der Waals surface area contributed by atoms with Crippen LogP contribution in [0.15, 0.2) is 24.3 Å². The fourth-order valence-electron chi connectivity index (χ4n) is 3.52. The van der Waals surface area contributed by atoms with Gasteiger partial charge in [-0.05, 0) is 37.8 Å². The normalized spacial score (nSPS) is 19.2. The topological polar surface area (TPSA) is 56.5 Å². The van der Waals surface area contributed by atoms with Crippen LogP contribution in [-0.2, 0) is 11.2 Å². The van der Waals surface area contributed by atoms with Gasteiger partial charge in [0.25, 0.3) is 0 Å². The summed E-state index contributed by atoms with van der Waals surface area (Å²) in [5.41, 5.74) is 4.04. The van der Waals surface area contributed by atoms with Crippen molar-refractivity contribution in [1.82, 2.24) is 5.43 Å². The van der Waals surface area contributed by atoms with Crippen LogP contribution >= 0.6 is 0 Å². The van der Waals surface area contributed by atoms with E-state index in [1.54, 1.807) is 7.11 Å². The van der Waals surface area contributed by atoms with E-state index < -0.39 is 0 Å². The number of hydrogen-bond donors (Lipinski definition) is 2. The Balaban J connectivity index is 2.20. The molecule has 1 aromatic carbocycles. The maximum atomic E-state index is 6.19. The number of rotatable bonds is 7. The smallest absolute Gasteiger partial charge is 0.122 e. The number of ether oxygens (including phenoxy) is 2. The largest absolute Gasteiger partial charge is 0.496 e. The first-order valence-corrected chi connectivity index (χ1v) is 7.97. The lowest BCUT2D eigenvalue weighted by Gasteiger charge is -2.43. The van der Waals surface area contributed by atoms with Crippen LogP contribution in [0.2, 0.25) is 0 Å². The molecule has 1 aliphatic rings. The van der Waals surface area contributed by atoms with Gasteiger partial charge in [0.15, 0.2) is 0 Å². The molecule has 2 rings (SSSR count). The molecule has 1 aromatic rings. The number of hydrogen-bond acceptors (Lipinski definition) is 4. The Morgan fingerprint density at radius 1 is 1.24 bits per heavy atom. The number of hydrazine groups is 1. The second kappa shape index (κ2) is 7.78. The van der Waals surface area contributed by atoms with Crippen LogP contribution in [0, 0.1) is 0 Å². The molecule has 0 saturated heterocycles. The standard InChI is InChI=1S/C17H28N2O2/c1-3-21-17(11-7-4-8-12-17)16(19-18)13-14-9-5-6-10-15(14)20-2/h5-6,9-10,16,19H,3-4,7-8,11-13,18H2,1-2H3. The molecule has 21 heavy (non-hydrogen) atoms. The van der Waals surface area contributed by atoms with E-state index in [9.17, 15) is 0 Å². The maximum absolute atomic E-state index is 6.19. The van der Waals surface area contributed by atoms with Crippen LogP contribution in [0.4, 0.5) is 0 Å². The molecule has 0 radical (unpaired) electrons. The summed E-state index contributed by atoms with van der Waals surface area (Å²) in [7, 11) is 1.71. The summed E-state index contributed by atoms with van der Waals surface area (Å²) in [4.78, 5) is 0. The van der Waals surface area contributed by atoms with E-state index >= 15 is 0 Å². The third kappa shape index (κ3) is 3.76. The second-order valence-electron chi connectivity index (χ2n) is 5.79. The van der Waals surface area contributed by atoms with Crippen LogP contribution in [0.5, 0.6) is 5.75 Å². The molecule has 0 amide bonds. The predicted molar refractivity (Wildman–Crippen MR) is 85.3 cm³/mol. The molecule has 0 spiro atoms. The molecule has 118 valence electrons. The van der Waals surface area contributed by atoms with E-state index in [4.69, 9.17) is 15.3 Å². The van der Waals surface area contributed by atoms with Crippen molar-refractivity contribution in [3.05, 3.63) is 29.8 Å². The Bertz CT molecular complexity index is 425. The lowest BCUT2D eigenvalue weighted by molar-refractivity contribution is -0.0899. The lowest BCUT2D eigenvalue weighted by atomic mass is 9.77. The minimum absolute atomic E-state index is 0.106. The highest BCUT2D eigenvalue weighted by Crippen LogP contribution is 2.36. The number of nitrogens with two attached hydrogens (primary N) is 1. The number of nitrogens with one attached hydrogen (secondary N) is 1. The van der Waals surface area contributed by atoms with E-state index in [-0.39, 0.29) is 11.6 Å². The van der Waals surface area contributed by atoms with Crippen molar-refractivity contribution < 1.29 is 9.47 Å². The maximum Gasteiger partial charge on any atom is 0.122 e. The zero-order valence-electron chi connectivity index (χ0n) is 13.2. The average Bonchev–Trinajstić information content (AvgIpc) is 2.54. The van der Waals surface area contributed by atoms with Gasteiger partial charge in [0, 0.05) is 6.61 Å². The monoisotopic (exact) mass is 292 g/mol. The number of para-hydroxylation sites is 1. The summed E-state index contributed by atoms with van der Waals surface area (Å²) in [6.07, 6.45) is 6.69. The summed E-state index contributed by atoms with van der Waals surface area (Å²) in [5.74, 6) is 6.80. The molecule has 0 aliphatic heterocycles. The highest BCUT2D eigenvalue weighted by Gasteiger charge is 2.40. The fourth-order valence-corrected chi connectivity index (χ4v) is 3.52. The van der Waals surface area contributed by atoms with Crippen molar-refractivity contribution in [2.45, 2.75) is 57.1 Å². The molecule has 1 saturated carbocycles.